The van der Waals surface area contributed by atoms with Crippen LogP contribution >= 0.6 is 0 Å². The van der Waals surface area contributed by atoms with Crippen LogP contribution in [0.2, 0.25) is 0 Å². The van der Waals surface area contributed by atoms with Crippen molar-refractivity contribution < 1.29 is 13.5 Å². The number of aromatic nitrogens is 5. The maximum absolute atomic E-state index is 14.8. The van der Waals surface area contributed by atoms with Gasteiger partial charge < -0.3 is 20.3 Å². The standard InChI is InChI=1S/C25H26F2N8O/c1-14-11-34(13-30-14)22-19(36-5)9-16(10-29-22)31-24-32-21(28-4)20-23(33-24)35(12-25(20,2)3)18-7-6-15(26)8-17(18)27/h6-11,13H,12H2,1-5H3,(H2,28,31,32,33). The number of methoxy groups -OCH3 is 1. The lowest BCUT2D eigenvalue weighted by atomic mass is 9.88. The van der Waals surface area contributed by atoms with Gasteiger partial charge >= 0.3 is 0 Å². The Balaban J connectivity index is 1.55. The Bertz CT molecular complexity index is 1450. The maximum atomic E-state index is 14.8. The van der Waals surface area contributed by atoms with E-state index in [1.807, 2.05) is 27.0 Å². The summed E-state index contributed by atoms with van der Waals surface area (Å²) < 4.78 is 35.7. The third-order valence-corrected chi connectivity index (χ3v) is 6.08. The largest absolute Gasteiger partial charge is 0.493 e. The number of aryl methyl sites for hydroxylation is 1. The molecule has 0 radical (unpaired) electrons. The van der Waals surface area contributed by atoms with Crippen molar-refractivity contribution in [3.05, 3.63) is 65.9 Å². The molecule has 0 bridgehead atoms. The van der Waals surface area contributed by atoms with Crippen LogP contribution in [0.5, 0.6) is 5.75 Å². The van der Waals surface area contributed by atoms with Crippen molar-refractivity contribution in [1.29, 1.82) is 0 Å². The summed E-state index contributed by atoms with van der Waals surface area (Å²) in [6.07, 6.45) is 5.16. The highest BCUT2D eigenvalue weighted by Crippen LogP contribution is 2.47. The van der Waals surface area contributed by atoms with Gasteiger partial charge in [0, 0.05) is 42.9 Å². The van der Waals surface area contributed by atoms with Gasteiger partial charge in [-0.25, -0.2) is 18.7 Å². The fourth-order valence-corrected chi connectivity index (χ4v) is 4.47. The van der Waals surface area contributed by atoms with Crippen LogP contribution < -0.4 is 20.3 Å². The Labute approximate surface area is 207 Å². The molecule has 1 aromatic carbocycles. The van der Waals surface area contributed by atoms with Gasteiger partial charge in [-0.15, -0.1) is 0 Å². The van der Waals surface area contributed by atoms with Crippen molar-refractivity contribution in [2.75, 3.05) is 36.2 Å². The number of pyridine rings is 1. The molecule has 4 heterocycles. The Morgan fingerprint density at radius 2 is 1.89 bits per heavy atom. The summed E-state index contributed by atoms with van der Waals surface area (Å²) in [7, 11) is 3.34. The van der Waals surface area contributed by atoms with E-state index in [1.54, 1.807) is 42.2 Å². The van der Waals surface area contributed by atoms with Crippen LogP contribution in [0.3, 0.4) is 0 Å². The van der Waals surface area contributed by atoms with Crippen LogP contribution in [0.1, 0.15) is 25.1 Å². The smallest absolute Gasteiger partial charge is 0.231 e. The predicted molar refractivity (Wildman–Crippen MR) is 134 cm³/mol. The van der Waals surface area contributed by atoms with E-state index in [0.717, 1.165) is 17.3 Å². The Morgan fingerprint density at radius 1 is 1.08 bits per heavy atom. The lowest BCUT2D eigenvalue weighted by Gasteiger charge is -2.22. The van der Waals surface area contributed by atoms with Gasteiger partial charge in [-0.05, 0) is 19.1 Å². The third kappa shape index (κ3) is 4.06. The molecule has 186 valence electrons. The van der Waals surface area contributed by atoms with Crippen molar-refractivity contribution in [1.82, 2.24) is 24.5 Å². The molecular formula is C25H26F2N8O. The monoisotopic (exact) mass is 492 g/mol. The molecule has 3 aromatic heterocycles. The normalized spacial score (nSPS) is 14.0. The van der Waals surface area contributed by atoms with E-state index >= 15 is 0 Å². The van der Waals surface area contributed by atoms with Gasteiger partial charge in [0.2, 0.25) is 5.95 Å². The number of nitrogens with one attached hydrogen (secondary N) is 2. The summed E-state index contributed by atoms with van der Waals surface area (Å²) in [5.41, 5.74) is 2.17. The Hall–Kier alpha value is -4.28. The predicted octanol–water partition coefficient (Wildman–Crippen LogP) is 4.87. The second-order valence-corrected chi connectivity index (χ2v) is 9.21. The van der Waals surface area contributed by atoms with Crippen LogP contribution in [0, 0.1) is 18.6 Å². The first-order chi connectivity index (χ1) is 17.2. The first kappa shape index (κ1) is 23.5. The van der Waals surface area contributed by atoms with E-state index in [1.165, 1.54) is 12.1 Å². The van der Waals surface area contributed by atoms with Crippen molar-refractivity contribution in [3.63, 3.8) is 0 Å². The zero-order valence-corrected chi connectivity index (χ0v) is 20.6. The van der Waals surface area contributed by atoms with Crippen molar-refractivity contribution in [2.45, 2.75) is 26.2 Å². The fourth-order valence-electron chi connectivity index (χ4n) is 4.47. The van der Waals surface area contributed by atoms with E-state index in [-0.39, 0.29) is 11.1 Å². The van der Waals surface area contributed by atoms with Crippen molar-refractivity contribution >= 4 is 29.0 Å². The van der Waals surface area contributed by atoms with Crippen molar-refractivity contribution in [2.24, 2.45) is 0 Å². The molecule has 0 saturated carbocycles. The second-order valence-electron chi connectivity index (χ2n) is 9.21. The van der Waals surface area contributed by atoms with E-state index in [4.69, 9.17) is 9.72 Å². The van der Waals surface area contributed by atoms with Gasteiger partial charge in [0.1, 0.15) is 29.6 Å². The SMILES string of the molecule is CNc1nc(Nc2cnc(-n3cnc(C)c3)c(OC)c2)nc2c1C(C)(C)CN2c1ccc(F)cc1F. The highest BCUT2D eigenvalue weighted by Gasteiger charge is 2.41. The number of hydrogen-bond donors (Lipinski definition) is 2. The molecular weight excluding hydrogens is 466 g/mol. The van der Waals surface area contributed by atoms with Gasteiger partial charge in [-0.1, -0.05) is 13.8 Å². The molecule has 1 aliphatic rings. The number of imidazole rings is 1. The highest BCUT2D eigenvalue weighted by molar-refractivity contribution is 5.76. The van der Waals surface area contributed by atoms with Gasteiger partial charge in [0.15, 0.2) is 11.6 Å². The third-order valence-electron chi connectivity index (χ3n) is 6.08. The minimum Gasteiger partial charge on any atom is -0.493 e. The van der Waals surface area contributed by atoms with E-state index in [0.29, 0.717) is 41.4 Å². The number of fused-ring (bicyclic) bond motifs is 1. The number of rotatable bonds is 6. The fraction of sp³-hybridized carbons (Fsp3) is 0.280. The zero-order valence-electron chi connectivity index (χ0n) is 20.6. The summed E-state index contributed by atoms with van der Waals surface area (Å²) in [6.45, 7) is 6.42. The number of anilines is 5. The summed E-state index contributed by atoms with van der Waals surface area (Å²) in [5, 5.41) is 6.32. The number of benzene rings is 1. The molecule has 36 heavy (non-hydrogen) atoms. The molecule has 0 spiro atoms. The van der Waals surface area contributed by atoms with Crippen LogP contribution in [-0.4, -0.2) is 45.2 Å². The average molecular weight is 493 g/mol. The molecule has 9 nitrogen and oxygen atoms in total. The van der Waals surface area contributed by atoms with Gasteiger partial charge in [-0.2, -0.15) is 9.97 Å². The number of halogens is 2. The average Bonchev–Trinajstić information content (AvgIpc) is 3.39. The molecule has 2 N–H and O–H groups in total. The molecule has 5 rings (SSSR count). The first-order valence-corrected chi connectivity index (χ1v) is 11.3. The Morgan fingerprint density at radius 3 is 2.56 bits per heavy atom. The van der Waals surface area contributed by atoms with Crippen LogP contribution in [0.15, 0.2) is 43.0 Å². The lowest BCUT2D eigenvalue weighted by Crippen LogP contribution is -2.26. The van der Waals surface area contributed by atoms with Gasteiger partial charge in [0.05, 0.1) is 30.4 Å². The molecule has 0 atom stereocenters. The summed E-state index contributed by atoms with van der Waals surface area (Å²) >= 11 is 0. The van der Waals surface area contributed by atoms with Crippen LogP contribution in [0.4, 0.5) is 37.7 Å². The second kappa shape index (κ2) is 8.74. The van der Waals surface area contributed by atoms with Crippen LogP contribution in [-0.2, 0) is 5.41 Å². The lowest BCUT2D eigenvalue weighted by molar-refractivity contribution is 0.411. The summed E-state index contributed by atoms with van der Waals surface area (Å²) in [5.74, 6) is 1.28. The van der Waals surface area contributed by atoms with E-state index in [9.17, 15) is 8.78 Å². The molecule has 0 fully saturated rings. The minimum absolute atomic E-state index is 0.248. The molecule has 0 saturated heterocycles. The van der Waals surface area contributed by atoms with Crippen molar-refractivity contribution in [3.8, 4) is 11.6 Å². The highest BCUT2D eigenvalue weighted by atomic mass is 19.1. The molecule has 0 amide bonds. The number of ether oxygens (including phenoxy) is 1. The molecule has 4 aromatic rings. The molecule has 0 unspecified atom stereocenters. The van der Waals surface area contributed by atoms with Crippen LogP contribution in [0.25, 0.3) is 5.82 Å². The van der Waals surface area contributed by atoms with E-state index in [2.05, 4.69) is 25.6 Å². The zero-order chi connectivity index (χ0) is 25.6. The first-order valence-electron chi connectivity index (χ1n) is 11.3. The van der Waals surface area contributed by atoms with E-state index < -0.39 is 11.6 Å². The summed E-state index contributed by atoms with van der Waals surface area (Å²) in [4.78, 5) is 19.9. The number of nitrogens with zero attached hydrogens (tertiary/aromatic N) is 6. The Kier molecular flexibility index (Phi) is 5.70. The molecule has 0 aliphatic carbocycles. The quantitative estimate of drug-likeness (QED) is 0.394. The minimum atomic E-state index is -0.656. The molecule has 11 heteroatoms. The van der Waals surface area contributed by atoms with Gasteiger partial charge in [0.25, 0.3) is 0 Å². The number of hydrogen-bond acceptors (Lipinski definition) is 8. The molecule has 1 aliphatic heterocycles. The maximum Gasteiger partial charge on any atom is 0.231 e. The topological polar surface area (TPSA) is 93.0 Å². The summed E-state index contributed by atoms with van der Waals surface area (Å²) in [6, 6.07) is 5.33. The van der Waals surface area contributed by atoms with Gasteiger partial charge in [-0.3, -0.25) is 4.57 Å².